The second-order valence-corrected chi connectivity index (χ2v) is 6.97. The lowest BCUT2D eigenvalue weighted by molar-refractivity contribution is 0.0640. The van der Waals surface area contributed by atoms with Crippen LogP contribution in [0.5, 0.6) is 0 Å². The molecule has 5 nitrogen and oxygen atoms in total. The van der Waals surface area contributed by atoms with E-state index in [2.05, 4.69) is 0 Å². The molecule has 0 aromatic heterocycles. The molecule has 0 spiro atoms. The van der Waals surface area contributed by atoms with Crippen LogP contribution in [0.2, 0.25) is 0 Å². The molecule has 1 rings (SSSR count). The highest BCUT2D eigenvalue weighted by atomic mass is 32.2. The van der Waals surface area contributed by atoms with Gasteiger partial charge in [-0.3, -0.25) is 0 Å². The Morgan fingerprint density at radius 2 is 2.00 bits per heavy atom. The molecule has 0 aliphatic heterocycles. The Bertz CT molecular complexity index is 506. The quantitative estimate of drug-likeness (QED) is 0.819. The number of aliphatic hydroxyl groups is 1. The van der Waals surface area contributed by atoms with E-state index in [1.54, 1.807) is 32.0 Å². The summed E-state index contributed by atoms with van der Waals surface area (Å²) in [6, 6.07) is 6.51. The van der Waals surface area contributed by atoms with E-state index >= 15 is 0 Å². The summed E-state index contributed by atoms with van der Waals surface area (Å²) in [5, 5.41) is 9.67. The molecule has 1 aromatic rings. The van der Waals surface area contributed by atoms with Gasteiger partial charge >= 0.3 is 0 Å². The average Bonchev–Trinajstić information content (AvgIpc) is 2.27. The molecule has 0 heterocycles. The molecular formula is C12H20N2O3S. The number of nitrogens with two attached hydrogens (primary N) is 1. The van der Waals surface area contributed by atoms with Gasteiger partial charge in [0, 0.05) is 20.1 Å². The Kier molecular flexibility index (Phi) is 4.50. The van der Waals surface area contributed by atoms with Crippen molar-refractivity contribution in [2.45, 2.75) is 30.9 Å². The van der Waals surface area contributed by atoms with Crippen molar-refractivity contribution in [2.24, 2.45) is 5.73 Å². The summed E-state index contributed by atoms with van der Waals surface area (Å²) >= 11 is 0. The van der Waals surface area contributed by atoms with Crippen molar-refractivity contribution >= 4 is 10.0 Å². The molecule has 1 aromatic carbocycles. The third-order valence-electron chi connectivity index (χ3n) is 2.45. The molecule has 6 heteroatoms. The van der Waals surface area contributed by atoms with E-state index in [0.29, 0.717) is 6.54 Å². The van der Waals surface area contributed by atoms with Crippen LogP contribution in [0.15, 0.2) is 29.2 Å². The number of nitrogens with zero attached hydrogens (tertiary/aromatic N) is 1. The molecule has 0 aliphatic carbocycles. The predicted molar refractivity (Wildman–Crippen MR) is 70.4 cm³/mol. The van der Waals surface area contributed by atoms with Gasteiger partial charge < -0.3 is 10.8 Å². The molecule has 102 valence electrons. The number of rotatable bonds is 5. The Balaban J connectivity index is 3.05. The normalized spacial score (nSPS) is 13.0. The summed E-state index contributed by atoms with van der Waals surface area (Å²) in [7, 11) is -2.14. The highest BCUT2D eigenvalue weighted by molar-refractivity contribution is 7.89. The SMILES string of the molecule is CN(CC(C)(C)O)S(=O)(=O)c1cccc(CN)c1. The minimum atomic E-state index is -3.59. The van der Waals surface area contributed by atoms with Gasteiger partial charge in [0.2, 0.25) is 10.0 Å². The molecule has 0 unspecified atom stereocenters. The highest BCUT2D eigenvalue weighted by Crippen LogP contribution is 2.17. The zero-order valence-electron chi connectivity index (χ0n) is 10.9. The number of hydrogen-bond donors (Lipinski definition) is 2. The Labute approximate surface area is 108 Å². The van der Waals surface area contributed by atoms with Gasteiger partial charge in [0.1, 0.15) is 0 Å². The molecule has 0 aliphatic rings. The van der Waals surface area contributed by atoms with Crippen molar-refractivity contribution in [2.75, 3.05) is 13.6 Å². The first kappa shape index (κ1) is 15.1. The van der Waals surface area contributed by atoms with Gasteiger partial charge in [-0.1, -0.05) is 12.1 Å². The van der Waals surface area contributed by atoms with Crippen molar-refractivity contribution in [3.63, 3.8) is 0 Å². The van der Waals surface area contributed by atoms with Crippen molar-refractivity contribution in [1.82, 2.24) is 4.31 Å². The maximum Gasteiger partial charge on any atom is 0.242 e. The van der Waals surface area contributed by atoms with E-state index in [9.17, 15) is 13.5 Å². The molecule has 18 heavy (non-hydrogen) atoms. The monoisotopic (exact) mass is 272 g/mol. The zero-order chi connectivity index (χ0) is 14.0. The minimum Gasteiger partial charge on any atom is -0.389 e. The van der Waals surface area contributed by atoms with Gasteiger partial charge in [-0.15, -0.1) is 0 Å². The minimum absolute atomic E-state index is 0.0299. The van der Waals surface area contributed by atoms with Crippen LogP contribution in [0.4, 0.5) is 0 Å². The summed E-state index contributed by atoms with van der Waals surface area (Å²) in [6.45, 7) is 3.45. The van der Waals surface area contributed by atoms with Gasteiger partial charge in [0.15, 0.2) is 0 Å². The predicted octanol–water partition coefficient (Wildman–Crippen LogP) is 0.537. The van der Waals surface area contributed by atoms with Gasteiger partial charge in [-0.2, -0.15) is 4.31 Å². The van der Waals surface area contributed by atoms with Gasteiger partial charge in [0.25, 0.3) is 0 Å². The molecule has 3 N–H and O–H groups in total. The fourth-order valence-electron chi connectivity index (χ4n) is 1.64. The van der Waals surface area contributed by atoms with Gasteiger partial charge in [-0.05, 0) is 31.5 Å². The smallest absolute Gasteiger partial charge is 0.242 e. The van der Waals surface area contributed by atoms with Crippen LogP contribution >= 0.6 is 0 Å². The van der Waals surface area contributed by atoms with Crippen LogP contribution in [0.25, 0.3) is 0 Å². The Hall–Kier alpha value is -0.950. The Morgan fingerprint density at radius 1 is 1.39 bits per heavy atom. The second-order valence-electron chi connectivity index (χ2n) is 4.93. The maximum atomic E-state index is 12.3. The van der Waals surface area contributed by atoms with Gasteiger partial charge in [-0.25, -0.2) is 8.42 Å². The summed E-state index contributed by atoms with van der Waals surface area (Å²) < 4.78 is 25.6. The first-order valence-electron chi connectivity index (χ1n) is 5.64. The lowest BCUT2D eigenvalue weighted by Gasteiger charge is -2.25. The fraction of sp³-hybridized carbons (Fsp3) is 0.500. The zero-order valence-corrected chi connectivity index (χ0v) is 11.7. The first-order valence-corrected chi connectivity index (χ1v) is 7.08. The van der Waals surface area contributed by atoms with Crippen LogP contribution in [0, 0.1) is 0 Å². The second kappa shape index (κ2) is 5.36. The van der Waals surface area contributed by atoms with Crippen molar-refractivity contribution in [3.8, 4) is 0 Å². The van der Waals surface area contributed by atoms with E-state index in [0.717, 1.165) is 9.87 Å². The molecule has 0 atom stereocenters. The van der Waals surface area contributed by atoms with Crippen molar-refractivity contribution in [3.05, 3.63) is 29.8 Å². The van der Waals surface area contributed by atoms with Crippen LogP contribution in [-0.4, -0.2) is 37.0 Å². The molecule has 0 radical (unpaired) electrons. The molecular weight excluding hydrogens is 252 g/mol. The van der Waals surface area contributed by atoms with Crippen LogP contribution in [0.1, 0.15) is 19.4 Å². The number of benzene rings is 1. The molecule has 0 bridgehead atoms. The lowest BCUT2D eigenvalue weighted by atomic mass is 10.1. The number of hydrogen-bond acceptors (Lipinski definition) is 4. The lowest BCUT2D eigenvalue weighted by Crippen LogP contribution is -2.39. The first-order chi connectivity index (χ1) is 8.16. The van der Waals surface area contributed by atoms with E-state index in [1.807, 2.05) is 0 Å². The van der Waals surface area contributed by atoms with Crippen LogP contribution < -0.4 is 5.73 Å². The van der Waals surface area contributed by atoms with Crippen molar-refractivity contribution < 1.29 is 13.5 Å². The van der Waals surface area contributed by atoms with E-state index in [4.69, 9.17) is 5.73 Å². The highest BCUT2D eigenvalue weighted by Gasteiger charge is 2.26. The molecule has 0 saturated carbocycles. The third kappa shape index (κ3) is 3.78. The summed E-state index contributed by atoms with van der Waals surface area (Å²) in [5.74, 6) is 0. The van der Waals surface area contributed by atoms with E-state index < -0.39 is 15.6 Å². The van der Waals surface area contributed by atoms with E-state index in [-0.39, 0.29) is 11.4 Å². The number of sulfonamides is 1. The summed E-state index contributed by atoms with van der Waals surface area (Å²) in [5.41, 5.74) is 5.17. The molecule has 0 amide bonds. The van der Waals surface area contributed by atoms with E-state index in [1.165, 1.54) is 13.1 Å². The third-order valence-corrected chi connectivity index (χ3v) is 4.25. The standard InChI is InChI=1S/C12H20N2O3S/c1-12(2,15)9-14(3)18(16,17)11-6-4-5-10(7-11)8-13/h4-7,15H,8-9,13H2,1-3H3. The van der Waals surface area contributed by atoms with Crippen molar-refractivity contribution in [1.29, 1.82) is 0 Å². The topological polar surface area (TPSA) is 83.6 Å². The van der Waals surface area contributed by atoms with Crippen LogP contribution in [0.3, 0.4) is 0 Å². The largest absolute Gasteiger partial charge is 0.389 e. The maximum absolute atomic E-state index is 12.3. The van der Waals surface area contributed by atoms with Crippen LogP contribution in [-0.2, 0) is 16.6 Å². The fourth-order valence-corrected chi connectivity index (χ4v) is 3.04. The van der Waals surface area contributed by atoms with Gasteiger partial charge in [0.05, 0.1) is 10.5 Å². The average molecular weight is 272 g/mol. The summed E-state index contributed by atoms with van der Waals surface area (Å²) in [6.07, 6.45) is 0. The summed E-state index contributed by atoms with van der Waals surface area (Å²) in [4.78, 5) is 0.192. The Morgan fingerprint density at radius 3 is 2.50 bits per heavy atom. The molecule has 0 saturated heterocycles. The molecule has 0 fully saturated rings. The number of likely N-dealkylation sites (N-methyl/N-ethyl adjacent to an activating group) is 1.